The fourth-order valence-corrected chi connectivity index (χ4v) is 5.34. The first-order valence-electron chi connectivity index (χ1n) is 11.8. The minimum absolute atomic E-state index is 0.0114. The van der Waals surface area contributed by atoms with Gasteiger partial charge in [-0.1, -0.05) is 31.5 Å². The van der Waals surface area contributed by atoms with E-state index in [1.54, 1.807) is 49.4 Å². The molecule has 0 spiro atoms. The van der Waals surface area contributed by atoms with Crippen LogP contribution in [0.25, 0.3) is 21.7 Å². The van der Waals surface area contributed by atoms with Crippen LogP contribution in [0.5, 0.6) is 11.5 Å². The number of methoxy groups -OCH3 is 1. The van der Waals surface area contributed by atoms with Crippen molar-refractivity contribution in [3.63, 3.8) is 0 Å². The summed E-state index contributed by atoms with van der Waals surface area (Å²) in [6, 6.07) is 13.7. The number of rotatable bonds is 8. The first-order valence-corrected chi connectivity index (χ1v) is 13.3. The molecule has 1 aromatic heterocycles. The lowest BCUT2D eigenvalue weighted by Gasteiger charge is -2.20. The highest BCUT2D eigenvalue weighted by Crippen LogP contribution is 2.32. The van der Waals surface area contributed by atoms with Crippen molar-refractivity contribution in [3.05, 3.63) is 76.1 Å². The van der Waals surface area contributed by atoms with Gasteiger partial charge in [0.05, 0.1) is 17.4 Å². The van der Waals surface area contributed by atoms with E-state index in [0.29, 0.717) is 27.5 Å². The zero-order valence-corrected chi connectivity index (χ0v) is 22.1. The summed E-state index contributed by atoms with van der Waals surface area (Å²) in [5.74, 6) is -0.0282. The number of aryl methyl sites for hydroxylation is 2. The van der Waals surface area contributed by atoms with Gasteiger partial charge in [0.25, 0.3) is 0 Å². The van der Waals surface area contributed by atoms with Crippen molar-refractivity contribution in [2.75, 3.05) is 7.11 Å². The van der Waals surface area contributed by atoms with Crippen LogP contribution in [0, 0.1) is 19.8 Å². The number of benzene rings is 3. The van der Waals surface area contributed by atoms with Crippen LogP contribution in [0.3, 0.4) is 0 Å². The quantitative estimate of drug-likeness (QED) is 0.152. The molecule has 4 rings (SSSR count). The molecule has 37 heavy (non-hydrogen) atoms. The zero-order chi connectivity index (χ0) is 26.9. The minimum atomic E-state index is -3.96. The standard InChI is InChI=1S/C28H29NO7S/c1-16(2)14-24(29-37(32,33)20-9-6-17(3)7-10-20)28(31)35-25-13-12-22-21-11-8-19(34-5)15-23(21)27(30)36-26(22)18(25)4/h6-13,15-16,24,29H,14H2,1-5H3/t24-/m0/s1. The molecule has 1 heterocycles. The molecule has 4 aromatic rings. The lowest BCUT2D eigenvalue weighted by molar-refractivity contribution is -0.136. The molecule has 0 aliphatic carbocycles. The Morgan fingerprint density at radius 3 is 2.30 bits per heavy atom. The van der Waals surface area contributed by atoms with Crippen molar-refractivity contribution in [1.82, 2.24) is 4.72 Å². The summed E-state index contributed by atoms with van der Waals surface area (Å²) in [5.41, 5.74) is 1.11. The number of nitrogens with one attached hydrogen (secondary N) is 1. The number of sulfonamides is 1. The van der Waals surface area contributed by atoms with Gasteiger partial charge in [-0.15, -0.1) is 0 Å². The summed E-state index contributed by atoms with van der Waals surface area (Å²) in [6.07, 6.45) is 0.234. The van der Waals surface area contributed by atoms with E-state index in [4.69, 9.17) is 13.9 Å². The highest BCUT2D eigenvalue weighted by atomic mass is 32.2. The predicted molar refractivity (Wildman–Crippen MR) is 142 cm³/mol. The van der Waals surface area contributed by atoms with Gasteiger partial charge < -0.3 is 13.9 Å². The largest absolute Gasteiger partial charge is 0.497 e. The second kappa shape index (κ2) is 10.4. The topological polar surface area (TPSA) is 112 Å². The third-order valence-corrected chi connectivity index (χ3v) is 7.61. The van der Waals surface area contributed by atoms with E-state index in [2.05, 4.69) is 4.72 Å². The van der Waals surface area contributed by atoms with Crippen LogP contribution in [-0.2, 0) is 14.8 Å². The summed E-state index contributed by atoms with van der Waals surface area (Å²) in [5, 5.41) is 1.73. The van der Waals surface area contributed by atoms with Crippen LogP contribution < -0.4 is 19.8 Å². The second-order valence-electron chi connectivity index (χ2n) is 9.40. The molecule has 3 aromatic carbocycles. The minimum Gasteiger partial charge on any atom is -0.497 e. The van der Waals surface area contributed by atoms with Crippen molar-refractivity contribution in [1.29, 1.82) is 0 Å². The van der Waals surface area contributed by atoms with Gasteiger partial charge in [-0.25, -0.2) is 18.0 Å². The van der Waals surface area contributed by atoms with Crippen LogP contribution in [0.15, 0.2) is 68.7 Å². The Kier molecular flexibility index (Phi) is 7.38. The predicted octanol–water partition coefficient (Wildman–Crippen LogP) is 4.87. The average molecular weight is 524 g/mol. The van der Waals surface area contributed by atoms with E-state index < -0.39 is 27.7 Å². The molecule has 0 radical (unpaired) electrons. The molecule has 0 aliphatic rings. The van der Waals surface area contributed by atoms with Crippen molar-refractivity contribution in [2.24, 2.45) is 5.92 Å². The van der Waals surface area contributed by atoms with E-state index in [0.717, 1.165) is 5.56 Å². The summed E-state index contributed by atoms with van der Waals surface area (Å²) < 4.78 is 44.9. The Morgan fingerprint density at radius 2 is 1.65 bits per heavy atom. The first-order chi connectivity index (χ1) is 17.5. The molecule has 0 saturated heterocycles. The van der Waals surface area contributed by atoms with Gasteiger partial charge in [0.2, 0.25) is 10.0 Å². The van der Waals surface area contributed by atoms with E-state index in [1.807, 2.05) is 20.8 Å². The molecule has 1 N–H and O–H groups in total. The number of hydrogen-bond acceptors (Lipinski definition) is 7. The Bertz CT molecular complexity index is 1640. The summed E-state index contributed by atoms with van der Waals surface area (Å²) >= 11 is 0. The highest BCUT2D eigenvalue weighted by molar-refractivity contribution is 7.89. The maximum atomic E-state index is 13.2. The molecule has 0 unspecified atom stereocenters. The first kappa shape index (κ1) is 26.4. The maximum Gasteiger partial charge on any atom is 0.344 e. The molecular formula is C28H29NO7S. The second-order valence-corrected chi connectivity index (χ2v) is 11.1. The Balaban J connectivity index is 1.67. The third kappa shape index (κ3) is 5.52. The number of esters is 1. The number of carbonyl (C=O) groups excluding carboxylic acids is 1. The Hall–Kier alpha value is -3.69. The van der Waals surface area contributed by atoms with Gasteiger partial charge in [-0.2, -0.15) is 4.72 Å². The van der Waals surface area contributed by atoms with Gasteiger partial charge in [-0.05, 0) is 68.7 Å². The third-order valence-electron chi connectivity index (χ3n) is 6.12. The van der Waals surface area contributed by atoms with Crippen molar-refractivity contribution in [3.8, 4) is 11.5 Å². The van der Waals surface area contributed by atoms with Gasteiger partial charge in [-0.3, -0.25) is 0 Å². The SMILES string of the molecule is COc1ccc2c(c1)c(=O)oc1c(C)c(OC(=O)[C@H](CC(C)C)NS(=O)(=O)c3ccc(C)cc3)ccc12. The Labute approximate surface area is 215 Å². The molecule has 0 saturated carbocycles. The average Bonchev–Trinajstić information content (AvgIpc) is 2.85. The molecule has 8 nitrogen and oxygen atoms in total. The molecule has 194 valence electrons. The molecule has 0 aliphatic heterocycles. The number of hydrogen-bond donors (Lipinski definition) is 1. The number of carbonyl (C=O) groups is 1. The summed E-state index contributed by atoms with van der Waals surface area (Å²) in [4.78, 5) is 25.9. The Morgan fingerprint density at radius 1 is 0.973 bits per heavy atom. The van der Waals surface area contributed by atoms with Crippen molar-refractivity contribution < 1.29 is 27.1 Å². The van der Waals surface area contributed by atoms with Crippen LogP contribution in [0.4, 0.5) is 0 Å². The maximum absolute atomic E-state index is 13.2. The smallest absolute Gasteiger partial charge is 0.344 e. The lowest BCUT2D eigenvalue weighted by Crippen LogP contribution is -2.43. The molecule has 0 amide bonds. The molecule has 0 bridgehead atoms. The monoisotopic (exact) mass is 523 g/mol. The van der Waals surface area contributed by atoms with Gasteiger partial charge >= 0.3 is 11.6 Å². The normalized spacial score (nSPS) is 12.7. The van der Waals surface area contributed by atoms with Crippen LogP contribution in [0.2, 0.25) is 0 Å². The zero-order valence-electron chi connectivity index (χ0n) is 21.3. The fourth-order valence-electron chi connectivity index (χ4n) is 4.15. The van der Waals surface area contributed by atoms with E-state index in [9.17, 15) is 18.0 Å². The van der Waals surface area contributed by atoms with Crippen LogP contribution in [-0.4, -0.2) is 27.5 Å². The van der Waals surface area contributed by atoms with Crippen molar-refractivity contribution in [2.45, 2.75) is 45.1 Å². The summed E-state index contributed by atoms with van der Waals surface area (Å²) in [7, 11) is -2.44. The lowest BCUT2D eigenvalue weighted by atomic mass is 10.0. The van der Waals surface area contributed by atoms with Gasteiger partial charge in [0, 0.05) is 16.3 Å². The van der Waals surface area contributed by atoms with E-state index in [-0.39, 0.29) is 28.6 Å². The summed E-state index contributed by atoms with van der Waals surface area (Å²) in [6.45, 7) is 7.31. The van der Waals surface area contributed by atoms with E-state index >= 15 is 0 Å². The number of ether oxygens (including phenoxy) is 2. The molecular weight excluding hydrogens is 494 g/mol. The number of fused-ring (bicyclic) bond motifs is 3. The fraction of sp³-hybridized carbons (Fsp3) is 0.286. The van der Waals surface area contributed by atoms with Gasteiger partial charge in [0.15, 0.2) is 0 Å². The van der Waals surface area contributed by atoms with Gasteiger partial charge in [0.1, 0.15) is 23.1 Å². The van der Waals surface area contributed by atoms with Crippen molar-refractivity contribution >= 4 is 37.7 Å². The van der Waals surface area contributed by atoms with Crippen LogP contribution in [0.1, 0.15) is 31.4 Å². The molecule has 1 atom stereocenters. The van der Waals surface area contributed by atoms with Crippen LogP contribution >= 0.6 is 0 Å². The van der Waals surface area contributed by atoms with E-state index in [1.165, 1.54) is 19.2 Å². The highest BCUT2D eigenvalue weighted by Gasteiger charge is 2.29. The molecule has 0 fully saturated rings. The molecule has 9 heteroatoms.